The smallest absolute Gasteiger partial charge is 0.223 e. The number of aromatic nitrogens is 4. The van der Waals surface area contributed by atoms with Gasteiger partial charge in [-0.1, -0.05) is 25.1 Å². The van der Waals surface area contributed by atoms with Gasteiger partial charge in [0.15, 0.2) is 15.0 Å². The molecule has 1 unspecified atom stereocenters. The molecule has 4 rings (SSSR count). The summed E-state index contributed by atoms with van der Waals surface area (Å²) in [6.07, 6.45) is 11.1. The van der Waals surface area contributed by atoms with Gasteiger partial charge in [0, 0.05) is 49.3 Å². The molecule has 3 N–H and O–H groups in total. The fourth-order valence-corrected chi connectivity index (χ4v) is 6.36. The molecule has 1 aromatic carbocycles. The minimum atomic E-state index is -3.31. The second kappa shape index (κ2) is 12.4. The number of nitrogens with two attached hydrogens (primary N) is 1. The number of likely N-dealkylation sites (tertiary alicyclic amines) is 1. The number of thioether (sulfide) groups is 1. The summed E-state index contributed by atoms with van der Waals surface area (Å²) in [5, 5.41) is 4.03. The van der Waals surface area contributed by atoms with Gasteiger partial charge < -0.3 is 15.6 Å². The molecule has 206 valence electrons. The molecule has 3 aromatic rings. The van der Waals surface area contributed by atoms with Gasteiger partial charge in [0.05, 0.1) is 15.9 Å². The molecule has 2 aromatic heterocycles. The van der Waals surface area contributed by atoms with Crippen LogP contribution < -0.4 is 11.1 Å². The quantitative estimate of drug-likeness (QED) is 0.339. The van der Waals surface area contributed by atoms with Crippen molar-refractivity contribution < 1.29 is 13.2 Å². The third-order valence-electron chi connectivity index (χ3n) is 7.09. The zero-order valence-corrected chi connectivity index (χ0v) is 23.9. The van der Waals surface area contributed by atoms with Crippen molar-refractivity contribution in [1.29, 1.82) is 0 Å². The summed E-state index contributed by atoms with van der Waals surface area (Å²) in [4.78, 5) is 28.4. The van der Waals surface area contributed by atoms with Crippen molar-refractivity contribution in [2.24, 2.45) is 5.92 Å². The van der Waals surface area contributed by atoms with Gasteiger partial charge in [-0.2, -0.15) is 0 Å². The molecule has 0 radical (unpaired) electrons. The number of carbonyl (C=O) groups is 1. The molecule has 1 aliphatic rings. The number of sulfone groups is 1. The Kier molecular flexibility index (Phi) is 9.27. The first-order valence-electron chi connectivity index (χ1n) is 13.0. The third kappa shape index (κ3) is 6.83. The summed E-state index contributed by atoms with van der Waals surface area (Å²) >= 11 is 1.55. The second-order valence-electron chi connectivity index (χ2n) is 9.91. The molecular formula is C26H37N7O3S2. The first-order valence-corrected chi connectivity index (χ1v) is 16.1. The van der Waals surface area contributed by atoms with Crippen LogP contribution in [0.5, 0.6) is 0 Å². The number of nitrogen functional groups attached to an aromatic ring is 1. The summed E-state index contributed by atoms with van der Waals surface area (Å²) < 4.78 is 26.3. The van der Waals surface area contributed by atoms with E-state index < -0.39 is 9.84 Å². The monoisotopic (exact) mass is 559 g/mol. The molecule has 1 saturated heterocycles. The van der Waals surface area contributed by atoms with Crippen LogP contribution in [0.3, 0.4) is 0 Å². The van der Waals surface area contributed by atoms with E-state index in [0.29, 0.717) is 12.1 Å². The largest absolute Gasteiger partial charge is 0.368 e. The Morgan fingerprint density at radius 1 is 1.21 bits per heavy atom. The van der Waals surface area contributed by atoms with Crippen LogP contribution in [0.2, 0.25) is 0 Å². The van der Waals surface area contributed by atoms with E-state index in [9.17, 15) is 13.2 Å². The normalized spacial score (nSPS) is 16.1. The number of nitrogens with one attached hydrogen (secondary N) is 1. The molecule has 10 nitrogen and oxygen atoms in total. The number of anilines is 1. The summed E-state index contributed by atoms with van der Waals surface area (Å²) in [5.41, 5.74) is 8.19. The van der Waals surface area contributed by atoms with Crippen molar-refractivity contribution in [1.82, 2.24) is 29.7 Å². The molecule has 1 fully saturated rings. The van der Waals surface area contributed by atoms with Gasteiger partial charge in [0.1, 0.15) is 0 Å². The van der Waals surface area contributed by atoms with Gasteiger partial charge in [-0.25, -0.2) is 23.4 Å². The van der Waals surface area contributed by atoms with Gasteiger partial charge in [0.25, 0.3) is 0 Å². The van der Waals surface area contributed by atoms with Gasteiger partial charge in [-0.15, -0.1) is 0 Å². The van der Waals surface area contributed by atoms with E-state index in [4.69, 9.17) is 10.7 Å². The van der Waals surface area contributed by atoms with Crippen LogP contribution in [0.1, 0.15) is 50.6 Å². The van der Waals surface area contributed by atoms with Crippen molar-refractivity contribution in [3.05, 3.63) is 36.2 Å². The molecule has 0 bridgehead atoms. The van der Waals surface area contributed by atoms with Crippen molar-refractivity contribution in [3.63, 3.8) is 0 Å². The predicted molar refractivity (Wildman–Crippen MR) is 151 cm³/mol. The average molecular weight is 560 g/mol. The molecule has 1 atom stereocenters. The van der Waals surface area contributed by atoms with Crippen molar-refractivity contribution >= 4 is 44.5 Å². The molecule has 0 saturated carbocycles. The van der Waals surface area contributed by atoms with E-state index in [0.717, 1.165) is 68.0 Å². The summed E-state index contributed by atoms with van der Waals surface area (Å²) in [6, 6.07) is 5.31. The molecule has 0 aliphatic carbocycles. The average Bonchev–Trinajstić information content (AvgIpc) is 3.27. The molecule has 0 spiro atoms. The number of amides is 1. The first-order chi connectivity index (χ1) is 18.2. The Hall–Kier alpha value is -2.70. The lowest BCUT2D eigenvalue weighted by molar-refractivity contribution is -0.126. The molecule has 1 aliphatic heterocycles. The van der Waals surface area contributed by atoms with E-state index >= 15 is 0 Å². The summed E-state index contributed by atoms with van der Waals surface area (Å²) in [5.74, 6) is 0.412. The Balaban J connectivity index is 1.35. The highest BCUT2D eigenvalue weighted by molar-refractivity contribution is 7.98. The number of imidazole rings is 1. The van der Waals surface area contributed by atoms with Crippen LogP contribution in [-0.2, 0) is 21.2 Å². The fraction of sp³-hybridized carbons (Fsp3) is 0.538. The highest BCUT2D eigenvalue weighted by atomic mass is 32.2. The van der Waals surface area contributed by atoms with Gasteiger partial charge >= 0.3 is 0 Å². The molecule has 12 heteroatoms. The van der Waals surface area contributed by atoms with Gasteiger partial charge in [-0.3, -0.25) is 9.69 Å². The lowest BCUT2D eigenvalue weighted by Crippen LogP contribution is -2.40. The van der Waals surface area contributed by atoms with Gasteiger partial charge in [0.2, 0.25) is 11.9 Å². The molecule has 3 heterocycles. The van der Waals surface area contributed by atoms with E-state index in [1.165, 1.54) is 6.26 Å². The van der Waals surface area contributed by atoms with Crippen LogP contribution in [0, 0.1) is 5.92 Å². The second-order valence-corrected chi connectivity index (χ2v) is 12.7. The number of nitrogens with zero attached hydrogens (tertiary/aromatic N) is 5. The zero-order chi connectivity index (χ0) is 27.3. The highest BCUT2D eigenvalue weighted by Gasteiger charge is 2.26. The highest BCUT2D eigenvalue weighted by Crippen LogP contribution is 2.32. The Labute approximate surface area is 228 Å². The van der Waals surface area contributed by atoms with Crippen LogP contribution >= 0.6 is 11.8 Å². The SMILES string of the molecule is CCCC(CCNC(=O)C1CCN(Cc2cnc(N)nc2)CC1)n1c(SC)nc2cc(S(C)(=O)=O)ccc21. The van der Waals surface area contributed by atoms with Crippen molar-refractivity contribution in [2.45, 2.75) is 61.7 Å². The Morgan fingerprint density at radius 3 is 2.55 bits per heavy atom. The first kappa shape index (κ1) is 28.3. The Morgan fingerprint density at radius 2 is 1.92 bits per heavy atom. The lowest BCUT2D eigenvalue weighted by Gasteiger charge is -2.31. The maximum absolute atomic E-state index is 12.9. The topological polar surface area (TPSA) is 136 Å². The lowest BCUT2D eigenvalue weighted by atomic mass is 9.95. The Bertz CT molecular complexity index is 1350. The van der Waals surface area contributed by atoms with Gasteiger partial charge in [-0.05, 0) is 63.2 Å². The molecular weight excluding hydrogens is 522 g/mol. The standard InChI is InChI=1S/C26H37N7O3S2/c1-4-5-20(33-23-7-6-21(38(3,35)36)14-22(23)31-26(33)37-2)8-11-28-24(34)19-9-12-32(13-10-19)17-18-15-29-25(27)30-16-18/h6-7,14-16,19-20H,4-5,8-13,17H2,1-3H3,(H,28,34)(H2,27,29,30). The maximum Gasteiger partial charge on any atom is 0.223 e. The number of rotatable bonds is 11. The van der Waals surface area contributed by atoms with Crippen molar-refractivity contribution in [2.75, 3.05) is 37.9 Å². The fourth-order valence-electron chi connectivity index (χ4n) is 5.08. The van der Waals surface area contributed by atoms with Crippen LogP contribution in [-0.4, -0.2) is 70.9 Å². The van der Waals surface area contributed by atoms with E-state index in [1.54, 1.807) is 36.3 Å². The zero-order valence-electron chi connectivity index (χ0n) is 22.3. The van der Waals surface area contributed by atoms with E-state index in [2.05, 4.69) is 31.7 Å². The van der Waals surface area contributed by atoms with Crippen LogP contribution in [0.25, 0.3) is 11.0 Å². The number of benzene rings is 1. The number of hydrogen-bond acceptors (Lipinski definition) is 9. The number of piperidine rings is 1. The molecule has 38 heavy (non-hydrogen) atoms. The predicted octanol–water partition coefficient (Wildman–Crippen LogP) is 3.29. The maximum atomic E-state index is 12.9. The van der Waals surface area contributed by atoms with E-state index in [1.807, 2.05) is 12.3 Å². The summed E-state index contributed by atoms with van der Waals surface area (Å²) in [6.45, 7) is 5.20. The molecule has 1 amide bonds. The number of fused-ring (bicyclic) bond motifs is 1. The third-order valence-corrected chi connectivity index (χ3v) is 8.86. The van der Waals surface area contributed by atoms with Crippen LogP contribution in [0.15, 0.2) is 40.6 Å². The van der Waals surface area contributed by atoms with E-state index in [-0.39, 0.29) is 28.7 Å². The van der Waals surface area contributed by atoms with Crippen LogP contribution in [0.4, 0.5) is 5.95 Å². The van der Waals surface area contributed by atoms with Crippen molar-refractivity contribution in [3.8, 4) is 0 Å². The summed E-state index contributed by atoms with van der Waals surface area (Å²) in [7, 11) is -3.31. The minimum absolute atomic E-state index is 0.0174. The number of carbonyl (C=O) groups excluding carboxylic acids is 1. The minimum Gasteiger partial charge on any atom is -0.368 e. The number of hydrogen-bond donors (Lipinski definition) is 2.